The van der Waals surface area contributed by atoms with Crippen LogP contribution in [0.4, 0.5) is 4.79 Å². The Hall–Kier alpha value is -1.34. The number of rotatable bonds is 4. The van der Waals surface area contributed by atoms with Crippen LogP contribution in [-0.2, 0) is 14.3 Å². The number of amides is 2. The van der Waals surface area contributed by atoms with Crippen molar-refractivity contribution in [2.24, 2.45) is 0 Å². The summed E-state index contributed by atoms with van der Waals surface area (Å²) >= 11 is 0. The van der Waals surface area contributed by atoms with Gasteiger partial charge in [0.05, 0.1) is 12.6 Å². The maximum Gasteiger partial charge on any atom is 0.334 e. The van der Waals surface area contributed by atoms with Crippen LogP contribution in [0.1, 0.15) is 13.3 Å². The summed E-state index contributed by atoms with van der Waals surface area (Å²) in [4.78, 5) is 24.2. The lowest BCUT2D eigenvalue weighted by molar-refractivity contribution is -0.148. The highest BCUT2D eigenvalue weighted by Crippen LogP contribution is 2.05. The zero-order valence-corrected chi connectivity index (χ0v) is 10.7. The molecule has 0 saturated carbocycles. The third-order valence-corrected chi connectivity index (χ3v) is 2.74. The Morgan fingerprint density at radius 2 is 2.33 bits per heavy atom. The molecule has 2 unspecified atom stereocenters. The number of carbonyl (C=O) groups is 2. The normalized spacial score (nSPS) is 22.1. The van der Waals surface area contributed by atoms with Gasteiger partial charge in [0.1, 0.15) is 0 Å². The molecule has 0 aliphatic carbocycles. The highest BCUT2D eigenvalue weighted by Gasteiger charge is 2.22. The number of nitrogens with zero attached hydrogens (tertiary/aromatic N) is 1. The van der Waals surface area contributed by atoms with Gasteiger partial charge in [0.2, 0.25) is 0 Å². The lowest BCUT2D eigenvalue weighted by atomic mass is 10.3. The van der Waals surface area contributed by atoms with E-state index >= 15 is 0 Å². The molecule has 0 spiro atoms. The van der Waals surface area contributed by atoms with Crippen molar-refractivity contribution >= 4 is 12.0 Å². The van der Waals surface area contributed by atoms with Gasteiger partial charge < -0.3 is 24.8 Å². The molecule has 1 heterocycles. The largest absolute Gasteiger partial charge is 0.479 e. The smallest absolute Gasteiger partial charge is 0.334 e. The lowest BCUT2D eigenvalue weighted by Crippen LogP contribution is -2.46. The van der Waals surface area contributed by atoms with Crippen molar-refractivity contribution in [3.63, 3.8) is 0 Å². The average molecular weight is 260 g/mol. The van der Waals surface area contributed by atoms with Crippen LogP contribution in [0.3, 0.4) is 0 Å². The Morgan fingerprint density at radius 1 is 1.61 bits per heavy atom. The summed E-state index contributed by atoms with van der Waals surface area (Å²) in [6.07, 6.45) is -0.241. The molecule has 2 amide bonds. The first kappa shape index (κ1) is 14.7. The second kappa shape index (κ2) is 7.17. The highest BCUT2D eigenvalue weighted by atomic mass is 16.5. The highest BCUT2D eigenvalue weighted by molar-refractivity contribution is 5.77. The van der Waals surface area contributed by atoms with Crippen LogP contribution in [0, 0.1) is 0 Å². The first-order valence-corrected chi connectivity index (χ1v) is 5.94. The maximum absolute atomic E-state index is 11.9. The molecule has 7 heteroatoms. The number of carboxylic acid groups (broad SMARTS) is 1. The molecular weight excluding hydrogens is 240 g/mol. The molecule has 1 saturated heterocycles. The Bertz CT molecular complexity index is 297. The van der Waals surface area contributed by atoms with Crippen molar-refractivity contribution in [2.45, 2.75) is 25.6 Å². The minimum Gasteiger partial charge on any atom is -0.479 e. The van der Waals surface area contributed by atoms with Crippen molar-refractivity contribution in [3.8, 4) is 0 Å². The monoisotopic (exact) mass is 260 g/mol. The predicted octanol–water partition coefficient (Wildman–Crippen LogP) is -0.0936. The predicted molar refractivity (Wildman–Crippen MR) is 63.4 cm³/mol. The van der Waals surface area contributed by atoms with Gasteiger partial charge in [0.15, 0.2) is 6.10 Å². The Kier molecular flexibility index (Phi) is 5.87. The molecule has 1 rings (SSSR count). The summed E-state index contributed by atoms with van der Waals surface area (Å²) < 4.78 is 10.2. The molecule has 18 heavy (non-hydrogen) atoms. The summed E-state index contributed by atoms with van der Waals surface area (Å²) in [5.74, 6) is -1.09. The van der Waals surface area contributed by atoms with Gasteiger partial charge in [-0.2, -0.15) is 0 Å². The van der Waals surface area contributed by atoms with Crippen LogP contribution < -0.4 is 5.32 Å². The quantitative estimate of drug-likeness (QED) is 0.737. The first-order chi connectivity index (χ1) is 8.54. The van der Waals surface area contributed by atoms with Crippen molar-refractivity contribution in [2.75, 3.05) is 33.4 Å². The van der Waals surface area contributed by atoms with Crippen LogP contribution in [0.2, 0.25) is 0 Å². The SMILES string of the molecule is COC(CNC(=O)N1CCCOC(C)C1)C(=O)O. The standard InChI is InChI=1S/C11H20N2O5/c1-8-7-13(4-3-5-18-8)11(16)12-6-9(17-2)10(14)15/h8-9H,3-7H2,1-2H3,(H,12,16)(H,14,15). The number of hydrogen-bond acceptors (Lipinski definition) is 4. The minimum absolute atomic E-state index is 0.00375. The topological polar surface area (TPSA) is 88.1 Å². The number of carboxylic acids is 1. The van der Waals surface area contributed by atoms with E-state index in [4.69, 9.17) is 14.6 Å². The fraction of sp³-hybridized carbons (Fsp3) is 0.818. The van der Waals surface area contributed by atoms with E-state index in [1.165, 1.54) is 7.11 Å². The van der Waals surface area contributed by atoms with E-state index in [-0.39, 0.29) is 18.7 Å². The van der Waals surface area contributed by atoms with Gasteiger partial charge in [-0.3, -0.25) is 0 Å². The molecule has 0 bridgehead atoms. The molecule has 2 N–H and O–H groups in total. The van der Waals surface area contributed by atoms with Gasteiger partial charge in [-0.25, -0.2) is 9.59 Å². The van der Waals surface area contributed by atoms with E-state index in [1.807, 2.05) is 6.92 Å². The van der Waals surface area contributed by atoms with Crippen LogP contribution in [-0.4, -0.2) is 67.6 Å². The van der Waals surface area contributed by atoms with Gasteiger partial charge >= 0.3 is 12.0 Å². The second-order valence-corrected chi connectivity index (χ2v) is 4.23. The van der Waals surface area contributed by atoms with E-state index in [1.54, 1.807) is 4.90 Å². The molecule has 1 fully saturated rings. The number of urea groups is 1. The van der Waals surface area contributed by atoms with E-state index in [0.717, 1.165) is 6.42 Å². The lowest BCUT2D eigenvalue weighted by Gasteiger charge is -2.23. The van der Waals surface area contributed by atoms with Crippen molar-refractivity contribution < 1.29 is 24.2 Å². The number of ether oxygens (including phenoxy) is 2. The van der Waals surface area contributed by atoms with E-state index in [0.29, 0.717) is 19.7 Å². The second-order valence-electron chi connectivity index (χ2n) is 4.23. The fourth-order valence-corrected chi connectivity index (χ4v) is 1.74. The molecular formula is C11H20N2O5. The number of aliphatic carboxylic acids is 1. The molecule has 0 aromatic carbocycles. The Labute approximate surface area is 106 Å². The summed E-state index contributed by atoms with van der Waals surface area (Å²) in [6.45, 7) is 3.62. The van der Waals surface area contributed by atoms with Crippen LogP contribution in [0.5, 0.6) is 0 Å². The van der Waals surface area contributed by atoms with Gasteiger partial charge in [0, 0.05) is 26.8 Å². The van der Waals surface area contributed by atoms with Gasteiger partial charge in [-0.05, 0) is 13.3 Å². The van der Waals surface area contributed by atoms with Crippen molar-refractivity contribution in [1.82, 2.24) is 10.2 Å². The number of carbonyl (C=O) groups excluding carboxylic acids is 1. The van der Waals surface area contributed by atoms with Gasteiger partial charge in [-0.15, -0.1) is 0 Å². The molecule has 1 aliphatic heterocycles. The summed E-state index contributed by atoms with van der Waals surface area (Å²) in [5, 5.41) is 11.3. The maximum atomic E-state index is 11.9. The zero-order valence-electron chi connectivity index (χ0n) is 10.7. The summed E-state index contributed by atoms with van der Waals surface area (Å²) in [6, 6.07) is -0.282. The Morgan fingerprint density at radius 3 is 2.94 bits per heavy atom. The van der Waals surface area contributed by atoms with Gasteiger partial charge in [-0.1, -0.05) is 0 Å². The van der Waals surface area contributed by atoms with Crippen LogP contribution in [0.15, 0.2) is 0 Å². The molecule has 0 aromatic rings. The molecule has 0 radical (unpaired) electrons. The van der Waals surface area contributed by atoms with Crippen molar-refractivity contribution in [1.29, 1.82) is 0 Å². The number of hydrogen-bond donors (Lipinski definition) is 2. The fourth-order valence-electron chi connectivity index (χ4n) is 1.74. The van der Waals surface area contributed by atoms with Crippen LogP contribution >= 0.6 is 0 Å². The molecule has 0 aromatic heterocycles. The molecule has 1 aliphatic rings. The van der Waals surface area contributed by atoms with Crippen LogP contribution in [0.25, 0.3) is 0 Å². The van der Waals surface area contributed by atoms with E-state index < -0.39 is 12.1 Å². The third-order valence-electron chi connectivity index (χ3n) is 2.74. The average Bonchev–Trinajstić information content (AvgIpc) is 2.54. The zero-order chi connectivity index (χ0) is 13.5. The molecule has 7 nitrogen and oxygen atoms in total. The van der Waals surface area contributed by atoms with Crippen molar-refractivity contribution in [3.05, 3.63) is 0 Å². The first-order valence-electron chi connectivity index (χ1n) is 5.94. The third kappa shape index (κ3) is 4.50. The van der Waals surface area contributed by atoms with E-state index in [9.17, 15) is 9.59 Å². The summed E-state index contributed by atoms with van der Waals surface area (Å²) in [5.41, 5.74) is 0. The molecule has 2 atom stereocenters. The molecule has 104 valence electrons. The van der Waals surface area contributed by atoms with E-state index in [2.05, 4.69) is 5.32 Å². The summed E-state index contributed by atoms with van der Waals surface area (Å²) in [7, 11) is 1.30. The minimum atomic E-state index is -1.09. The number of nitrogens with one attached hydrogen (secondary N) is 1. The Balaban J connectivity index is 2.41. The number of methoxy groups -OCH3 is 1. The van der Waals surface area contributed by atoms with Gasteiger partial charge in [0.25, 0.3) is 0 Å².